The van der Waals surface area contributed by atoms with Crippen molar-refractivity contribution in [2.24, 2.45) is 0 Å². The number of benzene rings is 1. The number of hydrogen-bond donors (Lipinski definition) is 1. The van der Waals surface area contributed by atoms with Crippen LogP contribution in [0.25, 0.3) is 0 Å². The van der Waals surface area contributed by atoms with Gasteiger partial charge in [-0.1, -0.05) is 35.9 Å². The van der Waals surface area contributed by atoms with Crippen LogP contribution < -0.4 is 5.32 Å². The van der Waals surface area contributed by atoms with E-state index in [1.54, 1.807) is 23.1 Å². The molecule has 0 saturated heterocycles. The maximum atomic E-state index is 11.7. The molecule has 0 unspecified atom stereocenters. The van der Waals surface area contributed by atoms with Crippen molar-refractivity contribution in [3.63, 3.8) is 0 Å². The molecule has 2 aromatic rings. The Balaban J connectivity index is 1.61. The van der Waals surface area contributed by atoms with E-state index in [9.17, 15) is 4.79 Å². The summed E-state index contributed by atoms with van der Waals surface area (Å²) in [4.78, 5) is 12.9. The molecule has 106 valence electrons. The topological polar surface area (TPSA) is 29.1 Å². The molecule has 0 atom stereocenters. The first kappa shape index (κ1) is 15.4. The highest BCUT2D eigenvalue weighted by atomic mass is 35.5. The summed E-state index contributed by atoms with van der Waals surface area (Å²) < 4.78 is 0. The molecule has 2 rings (SSSR count). The molecule has 1 N–H and O–H groups in total. The average molecular weight is 326 g/mol. The Kier molecular flexibility index (Phi) is 6.43. The number of carbonyl (C=O) groups excluding carboxylic acids is 1. The van der Waals surface area contributed by atoms with Crippen molar-refractivity contribution >= 4 is 40.6 Å². The highest BCUT2D eigenvalue weighted by Gasteiger charge is 2.03. The summed E-state index contributed by atoms with van der Waals surface area (Å²) >= 11 is 9.47. The highest BCUT2D eigenvalue weighted by Crippen LogP contribution is 2.21. The smallest absolute Gasteiger partial charge is 0.221 e. The molecule has 0 spiro atoms. The number of thiophene rings is 1. The van der Waals surface area contributed by atoms with Crippen LogP contribution in [-0.4, -0.2) is 11.7 Å². The predicted molar refractivity (Wildman–Crippen MR) is 88.4 cm³/mol. The van der Waals surface area contributed by atoms with Crippen molar-refractivity contribution in [3.8, 4) is 0 Å². The maximum Gasteiger partial charge on any atom is 0.221 e. The fraction of sp³-hybridized carbons (Fsp3) is 0.267. The van der Waals surface area contributed by atoms with Gasteiger partial charge in [-0.2, -0.15) is 11.8 Å². The molecular weight excluding hydrogens is 310 g/mol. The second-order valence-electron chi connectivity index (χ2n) is 4.25. The normalized spacial score (nSPS) is 10.4. The molecule has 0 aliphatic carbocycles. The standard InChI is InChI=1S/C15H16ClNOS2/c16-14-6-2-1-4-12(14)11-19-9-7-15(18)17-10-13-5-3-8-20-13/h1-6,8H,7,9-11H2,(H,17,18). The number of halogens is 1. The van der Waals surface area contributed by atoms with Crippen LogP contribution in [0.4, 0.5) is 0 Å². The minimum Gasteiger partial charge on any atom is -0.351 e. The largest absolute Gasteiger partial charge is 0.351 e. The molecule has 2 nitrogen and oxygen atoms in total. The quantitative estimate of drug-likeness (QED) is 0.767. The SMILES string of the molecule is O=C(CCSCc1ccccc1Cl)NCc1cccs1. The van der Waals surface area contributed by atoms with Crippen molar-refractivity contribution in [2.45, 2.75) is 18.7 Å². The fourth-order valence-electron chi connectivity index (χ4n) is 1.65. The Labute approximate surface area is 132 Å². The molecule has 0 radical (unpaired) electrons. The summed E-state index contributed by atoms with van der Waals surface area (Å²) in [7, 11) is 0. The lowest BCUT2D eigenvalue weighted by atomic mass is 10.2. The molecule has 0 aliphatic heterocycles. The molecule has 0 fully saturated rings. The zero-order valence-corrected chi connectivity index (χ0v) is 13.4. The molecule has 0 saturated carbocycles. The minimum atomic E-state index is 0.102. The summed E-state index contributed by atoms with van der Waals surface area (Å²) in [5, 5.41) is 5.74. The number of carbonyl (C=O) groups is 1. The lowest BCUT2D eigenvalue weighted by molar-refractivity contribution is -0.120. The van der Waals surface area contributed by atoms with Gasteiger partial charge >= 0.3 is 0 Å². The molecule has 0 aliphatic rings. The zero-order chi connectivity index (χ0) is 14.2. The minimum absolute atomic E-state index is 0.102. The third kappa shape index (κ3) is 5.19. The van der Waals surface area contributed by atoms with E-state index >= 15 is 0 Å². The summed E-state index contributed by atoms with van der Waals surface area (Å²) in [6, 6.07) is 11.8. The van der Waals surface area contributed by atoms with Crippen LogP contribution >= 0.6 is 34.7 Å². The van der Waals surface area contributed by atoms with Gasteiger partial charge in [-0.3, -0.25) is 4.79 Å². The maximum absolute atomic E-state index is 11.7. The van der Waals surface area contributed by atoms with Crippen LogP contribution in [-0.2, 0) is 17.1 Å². The van der Waals surface area contributed by atoms with Crippen molar-refractivity contribution in [1.82, 2.24) is 5.32 Å². The number of thioether (sulfide) groups is 1. The summed E-state index contributed by atoms with van der Waals surface area (Å²) in [5.74, 6) is 1.75. The lowest BCUT2D eigenvalue weighted by Crippen LogP contribution is -2.22. The van der Waals surface area contributed by atoms with Crippen LogP contribution in [0.2, 0.25) is 5.02 Å². The van der Waals surface area contributed by atoms with Gasteiger partial charge in [0.1, 0.15) is 0 Å². The van der Waals surface area contributed by atoms with E-state index in [0.717, 1.165) is 22.1 Å². The van der Waals surface area contributed by atoms with Gasteiger partial charge in [-0.25, -0.2) is 0 Å². The van der Waals surface area contributed by atoms with E-state index < -0.39 is 0 Å². The Morgan fingerprint density at radius 2 is 2.10 bits per heavy atom. The molecule has 20 heavy (non-hydrogen) atoms. The number of rotatable bonds is 7. The van der Waals surface area contributed by atoms with Crippen LogP contribution in [0, 0.1) is 0 Å². The van der Waals surface area contributed by atoms with Crippen molar-refractivity contribution in [3.05, 3.63) is 57.2 Å². The van der Waals surface area contributed by atoms with Gasteiger partial charge in [0, 0.05) is 27.8 Å². The Hall–Kier alpha value is -0.970. The van der Waals surface area contributed by atoms with Gasteiger partial charge in [0.05, 0.1) is 6.54 Å². The summed E-state index contributed by atoms with van der Waals surface area (Å²) in [6.45, 7) is 0.631. The van der Waals surface area contributed by atoms with E-state index in [-0.39, 0.29) is 5.91 Å². The Bertz CT molecular complexity index is 543. The van der Waals surface area contributed by atoms with Crippen LogP contribution in [0.3, 0.4) is 0 Å². The second kappa shape index (κ2) is 8.35. The van der Waals surface area contributed by atoms with Crippen LogP contribution in [0.5, 0.6) is 0 Å². The van der Waals surface area contributed by atoms with Crippen LogP contribution in [0.15, 0.2) is 41.8 Å². The first-order valence-corrected chi connectivity index (χ1v) is 8.77. The third-order valence-electron chi connectivity index (χ3n) is 2.73. The third-order valence-corrected chi connectivity index (χ3v) is 4.98. The predicted octanol–water partition coefficient (Wildman–Crippen LogP) is 4.34. The van der Waals surface area contributed by atoms with E-state index in [4.69, 9.17) is 11.6 Å². The molecule has 1 amide bonds. The molecule has 5 heteroatoms. The van der Waals surface area contributed by atoms with Gasteiger partial charge < -0.3 is 5.32 Å². The van der Waals surface area contributed by atoms with Crippen LogP contribution in [0.1, 0.15) is 16.9 Å². The number of amides is 1. The molecule has 0 bridgehead atoms. The van der Waals surface area contributed by atoms with Gasteiger partial charge in [0.25, 0.3) is 0 Å². The Morgan fingerprint density at radius 1 is 1.25 bits per heavy atom. The fourth-order valence-corrected chi connectivity index (χ4v) is 3.52. The summed E-state index contributed by atoms with van der Waals surface area (Å²) in [5.41, 5.74) is 1.12. The molecule has 1 heterocycles. The van der Waals surface area contributed by atoms with Crippen molar-refractivity contribution < 1.29 is 4.79 Å². The second-order valence-corrected chi connectivity index (χ2v) is 6.79. The zero-order valence-electron chi connectivity index (χ0n) is 11.0. The van der Waals surface area contributed by atoms with E-state index in [0.29, 0.717) is 13.0 Å². The summed E-state index contributed by atoms with van der Waals surface area (Å²) in [6.07, 6.45) is 0.542. The van der Waals surface area contributed by atoms with E-state index in [2.05, 4.69) is 5.32 Å². The van der Waals surface area contributed by atoms with Gasteiger partial charge in [0.15, 0.2) is 0 Å². The van der Waals surface area contributed by atoms with E-state index in [1.165, 1.54) is 4.88 Å². The van der Waals surface area contributed by atoms with Gasteiger partial charge in [-0.05, 0) is 23.1 Å². The van der Waals surface area contributed by atoms with Gasteiger partial charge in [0.2, 0.25) is 5.91 Å². The molecule has 1 aromatic heterocycles. The molecular formula is C15H16ClNOS2. The van der Waals surface area contributed by atoms with E-state index in [1.807, 2.05) is 41.8 Å². The Morgan fingerprint density at radius 3 is 2.85 bits per heavy atom. The highest BCUT2D eigenvalue weighted by molar-refractivity contribution is 7.98. The lowest BCUT2D eigenvalue weighted by Gasteiger charge is -2.05. The molecule has 1 aromatic carbocycles. The monoisotopic (exact) mass is 325 g/mol. The number of nitrogens with one attached hydrogen (secondary N) is 1. The first-order chi connectivity index (χ1) is 9.75. The van der Waals surface area contributed by atoms with Gasteiger partial charge in [-0.15, -0.1) is 11.3 Å². The van der Waals surface area contributed by atoms with Crippen molar-refractivity contribution in [2.75, 3.05) is 5.75 Å². The number of hydrogen-bond acceptors (Lipinski definition) is 3. The van der Waals surface area contributed by atoms with Crippen molar-refractivity contribution in [1.29, 1.82) is 0 Å². The average Bonchev–Trinajstić information content (AvgIpc) is 2.96. The first-order valence-electron chi connectivity index (χ1n) is 6.36.